The van der Waals surface area contributed by atoms with Gasteiger partial charge in [0.15, 0.2) is 0 Å². The topological polar surface area (TPSA) is 15.3 Å². The fraction of sp³-hybridized carbons (Fsp3) is 0.600. The zero-order valence-corrected chi connectivity index (χ0v) is 11.7. The lowest BCUT2D eigenvalue weighted by atomic mass is 9.97. The molecule has 0 unspecified atom stereocenters. The van der Waals surface area contributed by atoms with Crippen LogP contribution in [-0.2, 0) is 12.7 Å². The molecule has 1 aliphatic heterocycles. The van der Waals surface area contributed by atoms with E-state index in [1.807, 2.05) is 7.05 Å². The molecule has 0 bridgehead atoms. The normalized spacial score (nSPS) is 17.6. The first-order valence-corrected chi connectivity index (χ1v) is 7.00. The molecule has 1 aromatic carbocycles. The minimum absolute atomic E-state index is 0.581. The zero-order chi connectivity index (χ0) is 14.6. The minimum atomic E-state index is -4.25. The van der Waals surface area contributed by atoms with Crippen molar-refractivity contribution >= 4 is 0 Å². The van der Waals surface area contributed by atoms with Crippen molar-refractivity contribution in [2.45, 2.75) is 25.6 Å². The summed E-state index contributed by atoms with van der Waals surface area (Å²) in [5, 5.41) is 3.33. The zero-order valence-electron chi connectivity index (χ0n) is 11.7. The summed E-state index contributed by atoms with van der Waals surface area (Å²) in [6, 6.07) is 5.46. The highest BCUT2D eigenvalue weighted by Gasteiger charge is 2.29. The summed E-state index contributed by atoms with van der Waals surface area (Å²) in [6.45, 7) is 3.84. The summed E-state index contributed by atoms with van der Waals surface area (Å²) in [6.07, 6.45) is -1.89. The number of rotatable bonds is 4. The fourth-order valence-electron chi connectivity index (χ4n) is 2.68. The van der Waals surface area contributed by atoms with Crippen LogP contribution in [0.5, 0.6) is 0 Å². The molecule has 1 heterocycles. The minimum Gasteiger partial charge on any atom is -0.317 e. The van der Waals surface area contributed by atoms with E-state index in [9.17, 15) is 13.2 Å². The van der Waals surface area contributed by atoms with Gasteiger partial charge in [-0.15, -0.1) is 0 Å². The largest absolute Gasteiger partial charge is 0.416 e. The quantitative estimate of drug-likeness (QED) is 0.915. The maximum Gasteiger partial charge on any atom is 0.416 e. The Hall–Kier alpha value is -1.07. The highest BCUT2D eigenvalue weighted by molar-refractivity contribution is 5.24. The Kier molecular flexibility index (Phi) is 5.05. The van der Waals surface area contributed by atoms with Crippen molar-refractivity contribution in [2.75, 3.05) is 26.7 Å². The SMILES string of the molecule is CN(Cc1ccc(C(F)(F)F)cc1)CC1CCNCC1. The summed E-state index contributed by atoms with van der Waals surface area (Å²) < 4.78 is 37.4. The number of benzene rings is 1. The van der Waals surface area contributed by atoms with Crippen molar-refractivity contribution in [3.8, 4) is 0 Å². The lowest BCUT2D eigenvalue weighted by Gasteiger charge is -2.27. The molecule has 0 atom stereocenters. The van der Waals surface area contributed by atoms with Crippen LogP contribution in [0.4, 0.5) is 13.2 Å². The van der Waals surface area contributed by atoms with Crippen molar-refractivity contribution in [3.05, 3.63) is 35.4 Å². The lowest BCUT2D eigenvalue weighted by Crippen LogP contribution is -2.34. The Labute approximate surface area is 118 Å². The van der Waals surface area contributed by atoms with Gasteiger partial charge in [-0.2, -0.15) is 13.2 Å². The van der Waals surface area contributed by atoms with E-state index in [4.69, 9.17) is 0 Å². The van der Waals surface area contributed by atoms with Gasteiger partial charge < -0.3 is 10.2 Å². The molecule has 112 valence electrons. The van der Waals surface area contributed by atoms with E-state index >= 15 is 0 Å². The molecule has 0 aromatic heterocycles. The second-order valence-corrected chi connectivity index (χ2v) is 5.58. The van der Waals surface area contributed by atoms with Crippen LogP contribution >= 0.6 is 0 Å². The number of halogens is 3. The van der Waals surface area contributed by atoms with E-state index in [2.05, 4.69) is 10.2 Å². The highest BCUT2D eigenvalue weighted by Crippen LogP contribution is 2.29. The first-order chi connectivity index (χ1) is 9.45. The summed E-state index contributed by atoms with van der Waals surface area (Å²) in [5.74, 6) is 0.690. The predicted octanol–water partition coefficient (Wildman–Crippen LogP) is 3.14. The smallest absolute Gasteiger partial charge is 0.317 e. The predicted molar refractivity (Wildman–Crippen MR) is 73.4 cm³/mol. The molecule has 20 heavy (non-hydrogen) atoms. The third-order valence-electron chi connectivity index (χ3n) is 3.76. The molecule has 1 saturated heterocycles. The third-order valence-corrected chi connectivity index (χ3v) is 3.76. The number of hydrogen-bond acceptors (Lipinski definition) is 2. The molecule has 0 radical (unpaired) electrons. The molecular weight excluding hydrogens is 265 g/mol. The van der Waals surface area contributed by atoms with Crippen LogP contribution in [0.2, 0.25) is 0 Å². The molecule has 1 fully saturated rings. The Bertz CT molecular complexity index is 408. The molecule has 5 heteroatoms. The number of alkyl halides is 3. The van der Waals surface area contributed by atoms with E-state index in [0.29, 0.717) is 12.5 Å². The molecule has 0 aliphatic carbocycles. The van der Waals surface area contributed by atoms with Gasteiger partial charge >= 0.3 is 6.18 Å². The van der Waals surface area contributed by atoms with Crippen LogP contribution in [0.3, 0.4) is 0 Å². The Balaban J connectivity index is 1.86. The van der Waals surface area contributed by atoms with Crippen LogP contribution in [0.15, 0.2) is 24.3 Å². The Morgan fingerprint density at radius 1 is 1.15 bits per heavy atom. The Morgan fingerprint density at radius 2 is 1.75 bits per heavy atom. The Morgan fingerprint density at radius 3 is 2.30 bits per heavy atom. The molecule has 1 aromatic rings. The van der Waals surface area contributed by atoms with Gasteiger partial charge in [0.2, 0.25) is 0 Å². The lowest BCUT2D eigenvalue weighted by molar-refractivity contribution is -0.137. The number of nitrogens with zero attached hydrogens (tertiary/aromatic N) is 1. The van der Waals surface area contributed by atoms with Gasteiger partial charge in [-0.05, 0) is 56.6 Å². The van der Waals surface area contributed by atoms with E-state index in [1.165, 1.54) is 12.8 Å². The first-order valence-electron chi connectivity index (χ1n) is 7.00. The second kappa shape index (κ2) is 6.59. The maximum atomic E-state index is 12.5. The van der Waals surface area contributed by atoms with Gasteiger partial charge in [0.25, 0.3) is 0 Å². The van der Waals surface area contributed by atoms with Gasteiger partial charge in [0.05, 0.1) is 5.56 Å². The van der Waals surface area contributed by atoms with Gasteiger partial charge in [-0.3, -0.25) is 0 Å². The summed E-state index contributed by atoms with van der Waals surface area (Å²) >= 11 is 0. The average Bonchev–Trinajstić information content (AvgIpc) is 2.39. The monoisotopic (exact) mass is 286 g/mol. The van der Waals surface area contributed by atoms with E-state index < -0.39 is 11.7 Å². The van der Waals surface area contributed by atoms with Crippen molar-refractivity contribution < 1.29 is 13.2 Å². The summed E-state index contributed by atoms with van der Waals surface area (Å²) in [7, 11) is 2.03. The summed E-state index contributed by atoms with van der Waals surface area (Å²) in [5.41, 5.74) is 0.344. The van der Waals surface area contributed by atoms with Gasteiger partial charge in [0.1, 0.15) is 0 Å². The molecule has 0 saturated carbocycles. The maximum absolute atomic E-state index is 12.5. The number of nitrogens with one attached hydrogen (secondary N) is 1. The van der Waals surface area contributed by atoms with Crippen molar-refractivity contribution in [2.24, 2.45) is 5.92 Å². The van der Waals surface area contributed by atoms with Gasteiger partial charge in [0, 0.05) is 13.1 Å². The highest BCUT2D eigenvalue weighted by atomic mass is 19.4. The van der Waals surface area contributed by atoms with Crippen molar-refractivity contribution in [1.29, 1.82) is 0 Å². The molecule has 2 rings (SSSR count). The molecule has 1 aliphatic rings. The van der Waals surface area contributed by atoms with Crippen LogP contribution in [-0.4, -0.2) is 31.6 Å². The fourth-order valence-corrected chi connectivity index (χ4v) is 2.68. The molecule has 2 nitrogen and oxygen atoms in total. The first kappa shape index (κ1) is 15.3. The van der Waals surface area contributed by atoms with Crippen LogP contribution in [0.25, 0.3) is 0 Å². The number of piperidine rings is 1. The van der Waals surface area contributed by atoms with Crippen molar-refractivity contribution in [1.82, 2.24) is 10.2 Å². The standard InChI is InChI=1S/C15H21F3N2/c1-20(11-13-6-8-19-9-7-13)10-12-2-4-14(5-3-12)15(16,17)18/h2-5,13,19H,6-11H2,1H3. The van der Waals surface area contributed by atoms with Gasteiger partial charge in [-0.1, -0.05) is 12.1 Å². The molecule has 0 amide bonds. The summed E-state index contributed by atoms with van der Waals surface area (Å²) in [4.78, 5) is 2.19. The average molecular weight is 286 g/mol. The number of hydrogen-bond donors (Lipinski definition) is 1. The van der Waals surface area contributed by atoms with Crippen molar-refractivity contribution in [3.63, 3.8) is 0 Å². The molecule has 0 spiro atoms. The van der Waals surface area contributed by atoms with Crippen LogP contribution < -0.4 is 5.32 Å². The van der Waals surface area contributed by atoms with E-state index in [1.54, 1.807) is 12.1 Å². The molecular formula is C15H21F3N2. The van der Waals surface area contributed by atoms with Gasteiger partial charge in [-0.25, -0.2) is 0 Å². The van der Waals surface area contributed by atoms with Crippen LogP contribution in [0.1, 0.15) is 24.0 Å². The van der Waals surface area contributed by atoms with E-state index in [0.717, 1.165) is 37.3 Å². The molecule has 1 N–H and O–H groups in total. The van der Waals surface area contributed by atoms with E-state index in [-0.39, 0.29) is 0 Å². The second-order valence-electron chi connectivity index (χ2n) is 5.58. The third kappa shape index (κ3) is 4.49. The van der Waals surface area contributed by atoms with Crippen LogP contribution in [0, 0.1) is 5.92 Å².